The SMILES string of the molecule is C=CCN1C(=O)CCCC12CCCN(C(=O)c1ccccn1)C2.O=C(O)C(F)(F)F. The van der Waals surface area contributed by atoms with E-state index in [4.69, 9.17) is 9.90 Å². The molecule has 0 saturated carbocycles. The number of piperidine rings is 2. The molecule has 164 valence electrons. The third-order valence-corrected chi connectivity index (χ3v) is 5.19. The Morgan fingerprint density at radius 2 is 1.93 bits per heavy atom. The Balaban J connectivity index is 0.000000396. The number of likely N-dealkylation sites (tertiary alicyclic amines) is 2. The maximum absolute atomic E-state index is 12.7. The smallest absolute Gasteiger partial charge is 0.475 e. The Hall–Kier alpha value is -2.91. The summed E-state index contributed by atoms with van der Waals surface area (Å²) in [5.41, 5.74) is 0.244. The molecule has 1 atom stereocenters. The molecule has 1 aromatic rings. The van der Waals surface area contributed by atoms with Crippen molar-refractivity contribution in [2.75, 3.05) is 19.6 Å². The molecule has 1 spiro atoms. The lowest BCUT2D eigenvalue weighted by atomic mass is 9.79. The number of carboxylic acid groups (broad SMARTS) is 1. The maximum Gasteiger partial charge on any atom is 0.490 e. The van der Waals surface area contributed by atoms with Gasteiger partial charge in [0, 0.05) is 32.3 Å². The van der Waals surface area contributed by atoms with Gasteiger partial charge in [-0.2, -0.15) is 13.2 Å². The molecule has 3 heterocycles. The second kappa shape index (κ2) is 9.73. The number of rotatable bonds is 3. The van der Waals surface area contributed by atoms with E-state index in [1.165, 1.54) is 0 Å². The number of carboxylic acids is 1. The van der Waals surface area contributed by atoms with Gasteiger partial charge in [0.1, 0.15) is 5.69 Å². The van der Waals surface area contributed by atoms with Gasteiger partial charge in [0.05, 0.1) is 5.54 Å². The highest BCUT2D eigenvalue weighted by molar-refractivity contribution is 5.92. The van der Waals surface area contributed by atoms with Crippen LogP contribution in [0.15, 0.2) is 37.1 Å². The number of aromatic nitrogens is 1. The summed E-state index contributed by atoms with van der Waals surface area (Å²) < 4.78 is 31.7. The van der Waals surface area contributed by atoms with Crippen molar-refractivity contribution < 1.29 is 32.7 Å². The zero-order valence-electron chi connectivity index (χ0n) is 16.4. The quantitative estimate of drug-likeness (QED) is 0.749. The summed E-state index contributed by atoms with van der Waals surface area (Å²) in [6, 6.07) is 5.38. The van der Waals surface area contributed by atoms with Crippen molar-refractivity contribution in [3.8, 4) is 0 Å². The highest BCUT2D eigenvalue weighted by Gasteiger charge is 2.45. The molecule has 2 fully saturated rings. The van der Waals surface area contributed by atoms with Crippen LogP contribution in [0.5, 0.6) is 0 Å². The van der Waals surface area contributed by atoms with Crippen LogP contribution in [0.2, 0.25) is 0 Å². The number of hydrogen-bond donors (Lipinski definition) is 1. The molecule has 2 saturated heterocycles. The van der Waals surface area contributed by atoms with Gasteiger partial charge in [0.15, 0.2) is 0 Å². The predicted molar refractivity (Wildman–Crippen MR) is 102 cm³/mol. The van der Waals surface area contributed by atoms with Crippen LogP contribution in [0.1, 0.15) is 42.6 Å². The molecule has 0 aliphatic carbocycles. The van der Waals surface area contributed by atoms with Crippen molar-refractivity contribution in [1.29, 1.82) is 0 Å². The lowest BCUT2D eigenvalue weighted by molar-refractivity contribution is -0.192. The van der Waals surface area contributed by atoms with E-state index >= 15 is 0 Å². The molecule has 0 radical (unpaired) electrons. The molecule has 1 aromatic heterocycles. The number of pyridine rings is 1. The van der Waals surface area contributed by atoms with E-state index in [0.717, 1.165) is 32.2 Å². The molecular weight excluding hydrogens is 403 g/mol. The van der Waals surface area contributed by atoms with Crippen LogP contribution in [-0.4, -0.2) is 69.0 Å². The van der Waals surface area contributed by atoms with Gasteiger partial charge >= 0.3 is 12.1 Å². The van der Waals surface area contributed by atoms with E-state index in [9.17, 15) is 22.8 Å². The Morgan fingerprint density at radius 1 is 1.27 bits per heavy atom. The summed E-state index contributed by atoms with van der Waals surface area (Å²) >= 11 is 0. The van der Waals surface area contributed by atoms with Gasteiger partial charge in [-0.25, -0.2) is 4.79 Å². The van der Waals surface area contributed by atoms with Crippen molar-refractivity contribution in [3.05, 3.63) is 42.7 Å². The highest BCUT2D eigenvalue weighted by atomic mass is 19.4. The first-order chi connectivity index (χ1) is 14.1. The number of alkyl halides is 3. The number of aliphatic carboxylic acids is 1. The molecule has 1 unspecified atom stereocenters. The molecule has 10 heteroatoms. The number of carbonyl (C=O) groups excluding carboxylic acids is 2. The summed E-state index contributed by atoms with van der Waals surface area (Å²) in [7, 11) is 0. The van der Waals surface area contributed by atoms with Gasteiger partial charge < -0.3 is 14.9 Å². The van der Waals surface area contributed by atoms with Gasteiger partial charge in [0.2, 0.25) is 5.91 Å². The molecule has 7 nitrogen and oxygen atoms in total. The first kappa shape index (κ1) is 23.4. The zero-order valence-corrected chi connectivity index (χ0v) is 16.4. The van der Waals surface area contributed by atoms with E-state index in [1.54, 1.807) is 24.4 Å². The normalized spacial score (nSPS) is 21.6. The molecule has 2 aliphatic rings. The first-order valence-electron chi connectivity index (χ1n) is 9.52. The molecule has 2 aliphatic heterocycles. The fourth-order valence-electron chi connectivity index (χ4n) is 3.89. The van der Waals surface area contributed by atoms with E-state index in [2.05, 4.69) is 11.6 Å². The predicted octanol–water partition coefficient (Wildman–Crippen LogP) is 2.89. The van der Waals surface area contributed by atoms with Crippen molar-refractivity contribution in [1.82, 2.24) is 14.8 Å². The van der Waals surface area contributed by atoms with Crippen molar-refractivity contribution >= 4 is 17.8 Å². The highest BCUT2D eigenvalue weighted by Crippen LogP contribution is 2.37. The summed E-state index contributed by atoms with van der Waals surface area (Å²) in [5.74, 6) is -2.61. The fourth-order valence-corrected chi connectivity index (χ4v) is 3.89. The average Bonchev–Trinajstić information content (AvgIpc) is 2.71. The monoisotopic (exact) mass is 427 g/mol. The van der Waals surface area contributed by atoms with E-state index in [-0.39, 0.29) is 17.4 Å². The van der Waals surface area contributed by atoms with Gasteiger partial charge in [-0.15, -0.1) is 6.58 Å². The van der Waals surface area contributed by atoms with Gasteiger partial charge in [-0.05, 0) is 37.8 Å². The standard InChI is InChI=1S/C18H23N3O2.C2HF3O2/c1-2-12-21-16(22)8-5-9-18(21)10-6-13-20(14-18)17(23)15-7-3-4-11-19-15;3-2(4,5)1(6)7/h2-4,7,11H,1,5-6,8-10,12-14H2;(H,6,7). The lowest BCUT2D eigenvalue weighted by Crippen LogP contribution is -2.63. The van der Waals surface area contributed by atoms with Crippen molar-refractivity contribution in [2.24, 2.45) is 0 Å². The summed E-state index contributed by atoms with van der Waals surface area (Å²) in [4.78, 5) is 42.0. The molecule has 2 amide bonds. The Kier molecular flexibility index (Phi) is 7.58. The molecule has 1 N–H and O–H groups in total. The van der Waals surface area contributed by atoms with Crippen LogP contribution < -0.4 is 0 Å². The molecule has 0 aromatic carbocycles. The fraction of sp³-hybridized carbons (Fsp3) is 0.500. The van der Waals surface area contributed by atoms with Crippen molar-refractivity contribution in [2.45, 2.75) is 43.8 Å². The van der Waals surface area contributed by atoms with E-state index in [0.29, 0.717) is 25.2 Å². The van der Waals surface area contributed by atoms with Gasteiger partial charge in [0.25, 0.3) is 5.91 Å². The Bertz CT molecular complexity index is 781. The number of hydrogen-bond acceptors (Lipinski definition) is 4. The molecule has 3 rings (SSSR count). The van der Waals surface area contributed by atoms with Crippen LogP contribution >= 0.6 is 0 Å². The number of carbonyl (C=O) groups is 3. The van der Waals surface area contributed by atoms with Crippen LogP contribution in [0, 0.1) is 0 Å². The minimum absolute atomic E-state index is 0.0405. The summed E-state index contributed by atoms with van der Waals surface area (Å²) in [5, 5.41) is 7.12. The van der Waals surface area contributed by atoms with Gasteiger partial charge in [-0.3, -0.25) is 14.6 Å². The maximum atomic E-state index is 12.7. The zero-order chi connectivity index (χ0) is 22.4. The first-order valence-corrected chi connectivity index (χ1v) is 9.52. The third kappa shape index (κ3) is 5.58. The van der Waals surface area contributed by atoms with Crippen LogP contribution in [0.4, 0.5) is 13.2 Å². The van der Waals surface area contributed by atoms with Gasteiger partial charge in [-0.1, -0.05) is 12.1 Å². The van der Waals surface area contributed by atoms with E-state index in [1.807, 2.05) is 15.9 Å². The van der Waals surface area contributed by atoms with E-state index < -0.39 is 12.1 Å². The number of nitrogens with zero attached hydrogens (tertiary/aromatic N) is 3. The second-order valence-electron chi connectivity index (χ2n) is 7.22. The Labute approximate surface area is 172 Å². The minimum Gasteiger partial charge on any atom is -0.475 e. The van der Waals surface area contributed by atoms with Crippen LogP contribution in [-0.2, 0) is 9.59 Å². The summed E-state index contributed by atoms with van der Waals surface area (Å²) in [6.45, 7) is 5.67. The second-order valence-corrected chi connectivity index (χ2v) is 7.22. The topological polar surface area (TPSA) is 90.8 Å². The molecular formula is C20H24F3N3O4. The largest absolute Gasteiger partial charge is 0.490 e. The third-order valence-electron chi connectivity index (χ3n) is 5.19. The molecule has 30 heavy (non-hydrogen) atoms. The van der Waals surface area contributed by atoms with Crippen LogP contribution in [0.3, 0.4) is 0 Å². The molecule has 0 bridgehead atoms. The lowest BCUT2D eigenvalue weighted by Gasteiger charge is -2.51. The van der Waals surface area contributed by atoms with Crippen LogP contribution in [0.25, 0.3) is 0 Å². The summed E-state index contributed by atoms with van der Waals surface area (Å²) in [6.07, 6.45) is 2.67. The minimum atomic E-state index is -5.08. The average molecular weight is 427 g/mol. The van der Waals surface area contributed by atoms with Crippen molar-refractivity contribution in [3.63, 3.8) is 0 Å². The Morgan fingerprint density at radius 3 is 2.50 bits per heavy atom. The number of amides is 2. The number of halogens is 3.